The fourth-order valence-corrected chi connectivity index (χ4v) is 5.03. The van der Waals surface area contributed by atoms with Crippen LogP contribution in [0.2, 0.25) is 0 Å². The van der Waals surface area contributed by atoms with Crippen molar-refractivity contribution in [1.29, 1.82) is 0 Å². The van der Waals surface area contributed by atoms with E-state index in [0.29, 0.717) is 11.3 Å². The lowest BCUT2D eigenvalue weighted by Gasteiger charge is -2.35. The summed E-state index contributed by atoms with van der Waals surface area (Å²) in [7, 11) is -3.84. The topological polar surface area (TPSA) is 86.8 Å². The summed E-state index contributed by atoms with van der Waals surface area (Å²) in [5.74, 6) is -1.36. The van der Waals surface area contributed by atoms with Gasteiger partial charge in [-0.3, -0.25) is 13.9 Å². The number of sulfonamides is 1. The highest BCUT2D eigenvalue weighted by Gasteiger charge is 2.34. The van der Waals surface area contributed by atoms with E-state index in [1.165, 1.54) is 17.0 Å². The SMILES string of the molecule is Cc1cccc(N(CC(=O)N(Cc2ccc(F)cc2)[C@H](Cc2ccccc2)C(=O)NC(C)(C)C)S(C)(=O)=O)c1. The van der Waals surface area contributed by atoms with Crippen LogP contribution in [0.25, 0.3) is 0 Å². The Labute approximate surface area is 230 Å². The van der Waals surface area contributed by atoms with Crippen LogP contribution in [0.3, 0.4) is 0 Å². The Morgan fingerprint density at radius 2 is 1.56 bits per heavy atom. The molecule has 0 saturated carbocycles. The van der Waals surface area contributed by atoms with Gasteiger partial charge >= 0.3 is 0 Å². The largest absolute Gasteiger partial charge is 0.350 e. The number of anilines is 1. The smallest absolute Gasteiger partial charge is 0.244 e. The summed E-state index contributed by atoms with van der Waals surface area (Å²) in [6.07, 6.45) is 1.25. The number of nitrogens with one attached hydrogen (secondary N) is 1. The van der Waals surface area contributed by atoms with E-state index in [9.17, 15) is 22.4 Å². The Balaban J connectivity index is 2.07. The zero-order valence-electron chi connectivity index (χ0n) is 23.0. The average Bonchev–Trinajstić information content (AvgIpc) is 2.84. The Kier molecular flexibility index (Phi) is 9.50. The second kappa shape index (κ2) is 12.4. The highest BCUT2D eigenvalue weighted by Crippen LogP contribution is 2.22. The van der Waals surface area contributed by atoms with Gasteiger partial charge < -0.3 is 10.2 Å². The van der Waals surface area contributed by atoms with E-state index in [0.717, 1.165) is 21.7 Å². The minimum absolute atomic E-state index is 0.0143. The average molecular weight is 554 g/mol. The van der Waals surface area contributed by atoms with Crippen molar-refractivity contribution in [3.63, 3.8) is 0 Å². The number of benzene rings is 3. The molecule has 1 N–H and O–H groups in total. The van der Waals surface area contributed by atoms with Crippen molar-refractivity contribution in [3.8, 4) is 0 Å². The van der Waals surface area contributed by atoms with Gasteiger partial charge in [0, 0.05) is 18.5 Å². The molecule has 9 heteroatoms. The van der Waals surface area contributed by atoms with E-state index in [4.69, 9.17) is 0 Å². The molecule has 0 radical (unpaired) electrons. The first-order valence-electron chi connectivity index (χ1n) is 12.7. The van der Waals surface area contributed by atoms with Gasteiger partial charge in [-0.1, -0.05) is 54.6 Å². The monoisotopic (exact) mass is 553 g/mol. The third-order valence-corrected chi connectivity index (χ3v) is 7.14. The summed E-state index contributed by atoms with van der Waals surface area (Å²) in [6, 6.07) is 20.9. The fourth-order valence-electron chi connectivity index (χ4n) is 4.19. The molecule has 2 amide bonds. The number of aryl methyl sites for hydroxylation is 1. The van der Waals surface area contributed by atoms with Crippen LogP contribution in [-0.2, 0) is 32.6 Å². The molecule has 0 aliphatic rings. The summed E-state index contributed by atoms with van der Waals surface area (Å²) in [4.78, 5) is 29.0. The van der Waals surface area contributed by atoms with Gasteiger partial charge in [-0.15, -0.1) is 0 Å². The number of hydrogen-bond donors (Lipinski definition) is 1. The van der Waals surface area contributed by atoms with Gasteiger partial charge in [0.2, 0.25) is 21.8 Å². The minimum Gasteiger partial charge on any atom is -0.350 e. The van der Waals surface area contributed by atoms with E-state index >= 15 is 0 Å². The Morgan fingerprint density at radius 3 is 2.13 bits per heavy atom. The summed E-state index contributed by atoms with van der Waals surface area (Å²) < 4.78 is 40.3. The van der Waals surface area contributed by atoms with E-state index in [1.54, 1.807) is 30.3 Å². The van der Waals surface area contributed by atoms with Crippen molar-refractivity contribution >= 4 is 27.5 Å². The molecular weight excluding hydrogens is 517 g/mol. The van der Waals surface area contributed by atoms with Gasteiger partial charge in [-0.2, -0.15) is 0 Å². The number of carbonyl (C=O) groups excluding carboxylic acids is 2. The van der Waals surface area contributed by atoms with Gasteiger partial charge in [0.25, 0.3) is 0 Å². The first-order valence-corrected chi connectivity index (χ1v) is 14.5. The molecule has 0 unspecified atom stereocenters. The standard InChI is InChI=1S/C30H36FN3O4S/c1-22-10-9-13-26(18-22)34(39(5,37)38)21-28(35)33(20-24-14-16-25(31)17-15-24)27(29(36)32-30(2,3)4)19-23-11-7-6-8-12-23/h6-18,27H,19-21H2,1-5H3,(H,32,36)/t27-/m1/s1. The van der Waals surface area contributed by atoms with Crippen LogP contribution < -0.4 is 9.62 Å². The molecule has 7 nitrogen and oxygen atoms in total. The Hall–Kier alpha value is -3.72. The summed E-state index contributed by atoms with van der Waals surface area (Å²) >= 11 is 0. The quantitative estimate of drug-likeness (QED) is 0.402. The molecule has 0 bridgehead atoms. The maximum Gasteiger partial charge on any atom is 0.244 e. The molecule has 0 aliphatic carbocycles. The van der Waals surface area contributed by atoms with Crippen LogP contribution in [0, 0.1) is 12.7 Å². The van der Waals surface area contributed by atoms with Crippen LogP contribution >= 0.6 is 0 Å². The van der Waals surface area contributed by atoms with Crippen LogP contribution in [0.4, 0.5) is 10.1 Å². The predicted octanol–water partition coefficient (Wildman–Crippen LogP) is 4.45. The molecule has 3 rings (SSSR count). The van der Waals surface area contributed by atoms with Crippen molar-refractivity contribution in [1.82, 2.24) is 10.2 Å². The van der Waals surface area contributed by atoms with Gasteiger partial charge in [0.1, 0.15) is 18.4 Å². The summed E-state index contributed by atoms with van der Waals surface area (Å²) in [5.41, 5.74) is 2.06. The number of carbonyl (C=O) groups is 2. The molecule has 0 aliphatic heterocycles. The molecular formula is C30H36FN3O4S. The van der Waals surface area contributed by atoms with Gasteiger partial charge in [0.05, 0.1) is 11.9 Å². The number of rotatable bonds is 10. The molecule has 0 saturated heterocycles. The number of halogens is 1. The maximum absolute atomic E-state index is 14.0. The maximum atomic E-state index is 14.0. The molecule has 1 atom stereocenters. The summed E-state index contributed by atoms with van der Waals surface area (Å²) in [6.45, 7) is 6.86. The first-order chi connectivity index (χ1) is 18.2. The molecule has 208 valence electrons. The molecule has 0 spiro atoms. The minimum atomic E-state index is -3.84. The molecule has 39 heavy (non-hydrogen) atoms. The van der Waals surface area contributed by atoms with E-state index in [1.807, 2.05) is 64.1 Å². The number of amides is 2. The fraction of sp³-hybridized carbons (Fsp3) is 0.333. The van der Waals surface area contributed by atoms with Gasteiger partial charge in [-0.05, 0) is 68.7 Å². The zero-order valence-corrected chi connectivity index (χ0v) is 23.8. The van der Waals surface area contributed by atoms with Gasteiger partial charge in [0.15, 0.2) is 0 Å². The number of nitrogens with zero attached hydrogens (tertiary/aromatic N) is 2. The van der Waals surface area contributed by atoms with Crippen molar-refractivity contribution in [3.05, 3.63) is 101 Å². The lowest BCUT2D eigenvalue weighted by molar-refractivity contribution is -0.140. The molecule has 3 aromatic carbocycles. The van der Waals surface area contributed by atoms with Crippen molar-refractivity contribution in [2.24, 2.45) is 0 Å². The lowest BCUT2D eigenvalue weighted by atomic mass is 10.0. The van der Waals surface area contributed by atoms with Crippen molar-refractivity contribution < 1.29 is 22.4 Å². The Morgan fingerprint density at radius 1 is 0.923 bits per heavy atom. The highest BCUT2D eigenvalue weighted by atomic mass is 32.2. The normalized spacial score (nSPS) is 12.5. The first kappa shape index (κ1) is 29.8. The predicted molar refractivity (Wildman–Crippen MR) is 152 cm³/mol. The number of hydrogen-bond acceptors (Lipinski definition) is 4. The summed E-state index contributed by atoms with van der Waals surface area (Å²) in [5, 5.41) is 2.97. The van der Waals surface area contributed by atoms with E-state index < -0.39 is 39.9 Å². The molecule has 0 heterocycles. The Bertz CT molecular complexity index is 1390. The third kappa shape index (κ3) is 8.92. The van der Waals surface area contributed by atoms with Crippen LogP contribution in [0.5, 0.6) is 0 Å². The van der Waals surface area contributed by atoms with Crippen LogP contribution in [-0.4, -0.2) is 49.5 Å². The van der Waals surface area contributed by atoms with Crippen LogP contribution in [0.1, 0.15) is 37.5 Å². The highest BCUT2D eigenvalue weighted by molar-refractivity contribution is 7.92. The second-order valence-electron chi connectivity index (χ2n) is 10.7. The second-order valence-corrected chi connectivity index (χ2v) is 12.6. The zero-order chi connectivity index (χ0) is 28.8. The molecule has 0 aromatic heterocycles. The van der Waals surface area contributed by atoms with E-state index in [2.05, 4.69) is 5.32 Å². The molecule has 3 aromatic rings. The van der Waals surface area contributed by atoms with Crippen LogP contribution in [0.15, 0.2) is 78.9 Å². The lowest BCUT2D eigenvalue weighted by Crippen LogP contribution is -2.56. The van der Waals surface area contributed by atoms with E-state index in [-0.39, 0.29) is 18.9 Å². The van der Waals surface area contributed by atoms with Crippen molar-refractivity contribution in [2.75, 3.05) is 17.1 Å². The molecule has 0 fully saturated rings. The van der Waals surface area contributed by atoms with Crippen molar-refractivity contribution in [2.45, 2.75) is 52.2 Å². The third-order valence-electron chi connectivity index (χ3n) is 6.00. The van der Waals surface area contributed by atoms with Gasteiger partial charge in [-0.25, -0.2) is 12.8 Å².